The van der Waals surface area contributed by atoms with Crippen LogP contribution in [0.4, 0.5) is 0 Å². The van der Waals surface area contributed by atoms with Crippen LogP contribution in [0, 0.1) is 5.41 Å². The van der Waals surface area contributed by atoms with Gasteiger partial charge in [-0.1, -0.05) is 26.0 Å². The predicted molar refractivity (Wildman–Crippen MR) is 99.3 cm³/mol. The van der Waals surface area contributed by atoms with E-state index < -0.39 is 0 Å². The molecule has 134 valence electrons. The zero-order valence-corrected chi connectivity index (χ0v) is 15.2. The first-order valence-corrected chi connectivity index (χ1v) is 8.75. The number of carbonyl (C=O) groups excluding carboxylic acids is 2. The summed E-state index contributed by atoms with van der Waals surface area (Å²) in [4.78, 5) is 25.1. The minimum atomic E-state index is -0.0602. The minimum Gasteiger partial charge on any atom is -0.350 e. The first-order valence-electron chi connectivity index (χ1n) is 8.75. The number of amides is 1. The number of benzene rings is 1. The molecule has 0 aliphatic carbocycles. The Bertz CT molecular complexity index is 1030. The van der Waals surface area contributed by atoms with Gasteiger partial charge in [0.15, 0.2) is 5.78 Å². The average Bonchev–Trinajstić information content (AvgIpc) is 3.12. The van der Waals surface area contributed by atoms with E-state index in [0.717, 1.165) is 23.0 Å². The van der Waals surface area contributed by atoms with Gasteiger partial charge in [0.1, 0.15) is 5.69 Å². The molecule has 2 aromatic heterocycles. The number of hydrogen-bond acceptors (Lipinski definition) is 3. The second-order valence-corrected chi connectivity index (χ2v) is 7.86. The van der Waals surface area contributed by atoms with E-state index in [4.69, 9.17) is 0 Å². The van der Waals surface area contributed by atoms with Gasteiger partial charge in [-0.3, -0.25) is 14.3 Å². The molecule has 1 aromatic carbocycles. The van der Waals surface area contributed by atoms with E-state index in [1.165, 1.54) is 0 Å². The van der Waals surface area contributed by atoms with E-state index in [1.54, 1.807) is 10.9 Å². The molecule has 1 amide bonds. The molecule has 0 atom stereocenters. The molecule has 3 heterocycles. The number of Topliss-reactive ketones (excluding diaryl/α,β-unsaturated/α-hetero) is 1. The minimum absolute atomic E-state index is 0.0489. The molecule has 4 rings (SSSR count). The molecule has 0 saturated heterocycles. The van der Waals surface area contributed by atoms with E-state index in [2.05, 4.69) is 24.3 Å². The normalized spacial score (nSPS) is 16.2. The predicted octanol–water partition coefficient (Wildman–Crippen LogP) is 2.57. The summed E-state index contributed by atoms with van der Waals surface area (Å²) in [5, 5.41) is 8.08. The van der Waals surface area contributed by atoms with Crippen LogP contribution < -0.4 is 5.32 Å². The summed E-state index contributed by atoms with van der Waals surface area (Å²) < 4.78 is 3.73. The third-order valence-corrected chi connectivity index (χ3v) is 4.90. The molecule has 6 heteroatoms. The Balaban J connectivity index is 1.74. The van der Waals surface area contributed by atoms with Gasteiger partial charge >= 0.3 is 0 Å². The van der Waals surface area contributed by atoms with Crippen molar-refractivity contribution >= 4 is 22.6 Å². The molecule has 1 aliphatic heterocycles. The molecule has 0 unspecified atom stereocenters. The topological polar surface area (TPSA) is 68.9 Å². The highest BCUT2D eigenvalue weighted by molar-refractivity contribution is 6.03. The highest BCUT2D eigenvalue weighted by atomic mass is 16.2. The van der Waals surface area contributed by atoms with Crippen LogP contribution in [0.5, 0.6) is 0 Å². The largest absolute Gasteiger partial charge is 0.350 e. The van der Waals surface area contributed by atoms with Crippen molar-refractivity contribution < 1.29 is 9.59 Å². The fraction of sp³-hybridized carbons (Fsp3) is 0.350. The molecule has 0 bridgehead atoms. The highest BCUT2D eigenvalue weighted by Gasteiger charge is 2.28. The first kappa shape index (κ1) is 16.6. The Morgan fingerprint density at radius 2 is 2.12 bits per heavy atom. The van der Waals surface area contributed by atoms with Gasteiger partial charge in [0.25, 0.3) is 5.91 Å². The maximum absolute atomic E-state index is 12.7. The maximum Gasteiger partial charge on any atom is 0.267 e. The molecule has 0 radical (unpaired) electrons. The number of ketones is 1. The van der Waals surface area contributed by atoms with Crippen LogP contribution in [0.25, 0.3) is 10.9 Å². The smallest absolute Gasteiger partial charge is 0.267 e. The third kappa shape index (κ3) is 2.92. The maximum atomic E-state index is 12.7. The van der Waals surface area contributed by atoms with Crippen LogP contribution in [-0.4, -0.2) is 32.6 Å². The molecular weight excluding hydrogens is 328 g/mol. The first-order chi connectivity index (χ1) is 12.3. The van der Waals surface area contributed by atoms with Crippen LogP contribution in [0.1, 0.15) is 40.3 Å². The zero-order valence-electron chi connectivity index (χ0n) is 15.2. The van der Waals surface area contributed by atoms with Crippen molar-refractivity contribution in [2.45, 2.75) is 26.8 Å². The second-order valence-electron chi connectivity index (χ2n) is 7.86. The van der Waals surface area contributed by atoms with Gasteiger partial charge in [-0.25, -0.2) is 0 Å². The number of aryl methyl sites for hydroxylation is 1. The van der Waals surface area contributed by atoms with E-state index >= 15 is 0 Å². The van der Waals surface area contributed by atoms with Crippen molar-refractivity contribution in [2.75, 3.05) is 6.54 Å². The van der Waals surface area contributed by atoms with Crippen LogP contribution in [0.2, 0.25) is 0 Å². The Morgan fingerprint density at radius 1 is 1.31 bits per heavy atom. The fourth-order valence-electron chi connectivity index (χ4n) is 3.53. The third-order valence-electron chi connectivity index (χ3n) is 4.90. The van der Waals surface area contributed by atoms with E-state index in [-0.39, 0.29) is 17.1 Å². The zero-order chi connectivity index (χ0) is 18.5. The SMILES string of the molecule is Cn1cc(CC(=O)c2ccc3cc4n(c3c2)CC(C)(C)CNC4=O)cn1. The lowest BCUT2D eigenvalue weighted by Crippen LogP contribution is -2.31. The van der Waals surface area contributed by atoms with E-state index in [9.17, 15) is 9.59 Å². The van der Waals surface area contributed by atoms with Crippen molar-refractivity contribution in [1.29, 1.82) is 0 Å². The lowest BCUT2D eigenvalue weighted by atomic mass is 9.93. The standard InChI is InChI=1S/C20H22N4O2/c1-20(2)11-21-19(26)17-7-14-4-5-15(8-16(14)24(17)12-20)18(25)6-13-9-22-23(3)10-13/h4-5,7-10H,6,11-12H2,1-3H3,(H,21,26). The van der Waals surface area contributed by atoms with Gasteiger partial charge in [0.05, 0.1) is 6.20 Å². The second kappa shape index (κ2) is 5.83. The molecule has 1 N–H and O–H groups in total. The monoisotopic (exact) mass is 350 g/mol. The van der Waals surface area contributed by atoms with Gasteiger partial charge in [-0.05, 0) is 17.7 Å². The van der Waals surface area contributed by atoms with Gasteiger partial charge < -0.3 is 9.88 Å². The van der Waals surface area contributed by atoms with Crippen LogP contribution >= 0.6 is 0 Å². The summed E-state index contributed by atoms with van der Waals surface area (Å²) in [6.45, 7) is 5.62. The van der Waals surface area contributed by atoms with E-state index in [1.807, 2.05) is 42.1 Å². The van der Waals surface area contributed by atoms with Gasteiger partial charge in [-0.15, -0.1) is 0 Å². The Labute approximate surface area is 151 Å². The molecule has 3 aromatic rings. The summed E-state index contributed by atoms with van der Waals surface area (Å²) in [6, 6.07) is 7.57. The number of carbonyl (C=O) groups is 2. The molecule has 26 heavy (non-hydrogen) atoms. The van der Waals surface area contributed by atoms with Crippen LogP contribution in [0.3, 0.4) is 0 Å². The molecule has 0 saturated carbocycles. The summed E-state index contributed by atoms with van der Waals surface area (Å²) in [6.07, 6.45) is 3.89. The molecule has 0 fully saturated rings. The van der Waals surface area contributed by atoms with Crippen molar-refractivity contribution in [2.24, 2.45) is 12.5 Å². The van der Waals surface area contributed by atoms with Crippen LogP contribution in [0.15, 0.2) is 36.7 Å². The number of nitrogens with one attached hydrogen (secondary N) is 1. The Morgan fingerprint density at radius 3 is 2.85 bits per heavy atom. The van der Waals surface area contributed by atoms with Crippen molar-refractivity contribution in [3.63, 3.8) is 0 Å². The van der Waals surface area contributed by atoms with Crippen molar-refractivity contribution in [3.8, 4) is 0 Å². The summed E-state index contributed by atoms with van der Waals surface area (Å²) in [5.41, 5.74) is 3.09. The van der Waals surface area contributed by atoms with Gasteiger partial charge in [-0.2, -0.15) is 5.10 Å². The highest BCUT2D eigenvalue weighted by Crippen LogP contribution is 2.29. The fourth-order valence-corrected chi connectivity index (χ4v) is 3.53. The lowest BCUT2D eigenvalue weighted by molar-refractivity contribution is 0.0942. The van der Waals surface area contributed by atoms with Gasteiger partial charge in [0, 0.05) is 54.6 Å². The number of aromatic nitrogens is 3. The number of nitrogens with zero attached hydrogens (tertiary/aromatic N) is 3. The van der Waals surface area contributed by atoms with Crippen LogP contribution in [-0.2, 0) is 20.0 Å². The lowest BCUT2D eigenvalue weighted by Gasteiger charge is -2.23. The van der Waals surface area contributed by atoms with E-state index in [0.29, 0.717) is 24.2 Å². The summed E-state index contributed by atoms with van der Waals surface area (Å²) >= 11 is 0. The van der Waals surface area contributed by atoms with Crippen molar-refractivity contribution in [3.05, 3.63) is 53.5 Å². The molecule has 1 aliphatic rings. The average molecular weight is 350 g/mol. The summed E-state index contributed by atoms with van der Waals surface area (Å²) in [7, 11) is 1.84. The summed E-state index contributed by atoms with van der Waals surface area (Å²) in [5.74, 6) is -0.0113. The number of hydrogen-bond donors (Lipinski definition) is 1. The molecule has 0 spiro atoms. The number of rotatable bonds is 3. The molecule has 6 nitrogen and oxygen atoms in total. The van der Waals surface area contributed by atoms with Crippen molar-refractivity contribution in [1.82, 2.24) is 19.7 Å². The molecular formula is C20H22N4O2. The Hall–Kier alpha value is -2.89. The van der Waals surface area contributed by atoms with Gasteiger partial charge in [0.2, 0.25) is 0 Å². The number of fused-ring (bicyclic) bond motifs is 3. The Kier molecular flexibility index (Phi) is 3.72. The quantitative estimate of drug-likeness (QED) is 0.738.